The van der Waals surface area contributed by atoms with Gasteiger partial charge in [0.1, 0.15) is 17.9 Å². The van der Waals surface area contributed by atoms with E-state index in [-0.39, 0.29) is 42.3 Å². The van der Waals surface area contributed by atoms with Crippen LogP contribution in [0, 0.1) is 11.6 Å². The number of hydrogen-bond donors (Lipinski definition) is 3. The maximum absolute atomic E-state index is 14.0. The number of aliphatic hydroxyl groups is 1. The Morgan fingerprint density at radius 3 is 2.31 bits per heavy atom. The third kappa shape index (κ3) is 10.9. The predicted molar refractivity (Wildman–Crippen MR) is 189 cm³/mol. The Bertz CT molecular complexity index is 1740. The number of anilines is 1. The number of methoxy groups -OCH3 is 1. The van der Waals surface area contributed by atoms with Gasteiger partial charge in [0, 0.05) is 61.7 Å². The van der Waals surface area contributed by atoms with Crippen LogP contribution in [0.25, 0.3) is 11.5 Å². The minimum atomic E-state index is -1.13. The van der Waals surface area contributed by atoms with Crippen molar-refractivity contribution in [3.8, 4) is 11.5 Å². The van der Waals surface area contributed by atoms with E-state index in [1.807, 2.05) is 19.9 Å². The quantitative estimate of drug-likeness (QED) is 0.122. The number of rotatable bonds is 17. The number of nitrogens with zero attached hydrogens (tertiary/aromatic N) is 3. The summed E-state index contributed by atoms with van der Waals surface area (Å²) in [5.41, 5.74) is 2.67. The Morgan fingerprint density at radius 2 is 1.67 bits per heavy atom. The van der Waals surface area contributed by atoms with Crippen LogP contribution in [0.2, 0.25) is 0 Å². The predicted octanol–water partition coefficient (Wildman–Crippen LogP) is 5.97. The second-order valence-corrected chi connectivity index (χ2v) is 12.2. The first kappa shape index (κ1) is 38.7. The first-order chi connectivity index (χ1) is 24.5. The highest BCUT2D eigenvalue weighted by molar-refractivity contribution is 6.01. The average Bonchev–Trinajstić information content (AvgIpc) is 3.67. The summed E-state index contributed by atoms with van der Waals surface area (Å²) >= 11 is 0. The fourth-order valence-electron chi connectivity index (χ4n) is 5.72. The molecule has 0 fully saturated rings. The van der Waals surface area contributed by atoms with Crippen LogP contribution in [0.3, 0.4) is 0 Å². The third-order valence-corrected chi connectivity index (χ3v) is 8.27. The number of aromatic nitrogens is 1. The van der Waals surface area contributed by atoms with Gasteiger partial charge in [0.05, 0.1) is 25.5 Å². The van der Waals surface area contributed by atoms with E-state index < -0.39 is 35.8 Å². The molecule has 3 N–H and O–H groups in total. The topological polar surface area (TPSA) is 137 Å². The van der Waals surface area contributed by atoms with Crippen LogP contribution >= 0.6 is 0 Å². The molecule has 0 radical (unpaired) electrons. The number of ether oxygens (including phenoxy) is 1. The molecule has 13 heteroatoms. The van der Waals surface area contributed by atoms with Crippen molar-refractivity contribution in [2.75, 3.05) is 38.7 Å². The van der Waals surface area contributed by atoms with Gasteiger partial charge in [0.15, 0.2) is 0 Å². The maximum Gasteiger partial charge on any atom is 0.413 e. The monoisotopic (exact) mass is 705 g/mol. The smallest absolute Gasteiger partial charge is 0.413 e. The fraction of sp³-hybridized carbons (Fsp3) is 0.368. The molecule has 51 heavy (non-hydrogen) atoms. The zero-order valence-corrected chi connectivity index (χ0v) is 29.3. The van der Waals surface area contributed by atoms with Gasteiger partial charge in [-0.1, -0.05) is 26.0 Å². The number of benzene rings is 3. The van der Waals surface area contributed by atoms with Crippen molar-refractivity contribution in [1.82, 2.24) is 20.5 Å². The molecule has 0 aliphatic rings. The lowest BCUT2D eigenvalue weighted by Gasteiger charge is -2.25. The number of oxazole rings is 1. The van der Waals surface area contributed by atoms with E-state index in [2.05, 4.69) is 15.6 Å². The van der Waals surface area contributed by atoms with Crippen molar-refractivity contribution in [2.24, 2.45) is 0 Å². The highest BCUT2D eigenvalue weighted by Gasteiger charge is 2.25. The molecule has 0 saturated carbocycles. The van der Waals surface area contributed by atoms with Crippen molar-refractivity contribution < 1.29 is 37.4 Å². The van der Waals surface area contributed by atoms with Crippen molar-refractivity contribution in [3.63, 3.8) is 0 Å². The van der Waals surface area contributed by atoms with Gasteiger partial charge in [-0.3, -0.25) is 14.5 Å². The standard InChI is InChI=1S/C38H45F2N5O6/c1-5-13-45(14-6-2)37(48)29-20-27(19-28(21-29)36-42-12-15-51-36)35(47)43-33(11-10-25-16-30(39)22-31(40)17-25)34(46)24-41-23-26-8-7-9-32(18-26)44(3)38(49)50-4/h7-9,12,15-22,33-34,41,46H,5-6,10-11,13-14,23-24H2,1-4H3,(H,43,47)/t33-,34+/m0/s1. The molecule has 1 aromatic heterocycles. The lowest BCUT2D eigenvalue weighted by Crippen LogP contribution is -2.47. The van der Waals surface area contributed by atoms with Crippen LogP contribution in [0.1, 0.15) is 65.0 Å². The summed E-state index contributed by atoms with van der Waals surface area (Å²) < 4.78 is 38.2. The summed E-state index contributed by atoms with van der Waals surface area (Å²) in [7, 11) is 2.89. The third-order valence-electron chi connectivity index (χ3n) is 8.27. The van der Waals surface area contributed by atoms with E-state index >= 15 is 0 Å². The lowest BCUT2D eigenvalue weighted by atomic mass is 9.99. The van der Waals surface area contributed by atoms with E-state index in [0.717, 1.165) is 24.5 Å². The van der Waals surface area contributed by atoms with E-state index in [1.54, 1.807) is 42.3 Å². The number of halogens is 2. The summed E-state index contributed by atoms with van der Waals surface area (Å²) in [5, 5.41) is 17.4. The van der Waals surface area contributed by atoms with Crippen LogP contribution in [-0.2, 0) is 17.7 Å². The van der Waals surface area contributed by atoms with Gasteiger partial charge < -0.3 is 29.8 Å². The number of nitrogens with one attached hydrogen (secondary N) is 2. The largest absolute Gasteiger partial charge is 0.452 e. The number of aliphatic hydroxyl groups excluding tert-OH is 1. The first-order valence-corrected chi connectivity index (χ1v) is 16.9. The van der Waals surface area contributed by atoms with Crippen molar-refractivity contribution in [2.45, 2.75) is 58.2 Å². The Kier molecular flexibility index (Phi) is 14.2. The second-order valence-electron chi connectivity index (χ2n) is 12.2. The number of carbonyl (C=O) groups excluding carboxylic acids is 3. The molecule has 4 aromatic rings. The van der Waals surface area contributed by atoms with Crippen LogP contribution in [-0.4, -0.2) is 78.8 Å². The van der Waals surface area contributed by atoms with Gasteiger partial charge >= 0.3 is 6.09 Å². The molecule has 2 atom stereocenters. The Morgan fingerprint density at radius 1 is 0.961 bits per heavy atom. The Labute approximate surface area is 296 Å². The number of amides is 3. The van der Waals surface area contributed by atoms with Crippen molar-refractivity contribution in [1.29, 1.82) is 0 Å². The van der Waals surface area contributed by atoms with Gasteiger partial charge in [0.2, 0.25) is 5.89 Å². The summed E-state index contributed by atoms with van der Waals surface area (Å²) in [5.74, 6) is -2.03. The summed E-state index contributed by atoms with van der Waals surface area (Å²) in [6.07, 6.45) is 3.03. The Balaban J connectivity index is 1.57. The first-order valence-electron chi connectivity index (χ1n) is 16.9. The molecule has 272 valence electrons. The van der Waals surface area contributed by atoms with Crippen LogP contribution in [0.15, 0.2) is 77.5 Å². The van der Waals surface area contributed by atoms with Gasteiger partial charge in [-0.25, -0.2) is 18.6 Å². The van der Waals surface area contributed by atoms with Crippen molar-refractivity contribution >= 4 is 23.6 Å². The number of aryl methyl sites for hydroxylation is 1. The van der Waals surface area contributed by atoms with Gasteiger partial charge in [-0.15, -0.1) is 0 Å². The molecule has 4 rings (SSSR count). The zero-order chi connectivity index (χ0) is 36.9. The number of carbonyl (C=O) groups is 3. The van der Waals surface area contributed by atoms with Crippen LogP contribution in [0.5, 0.6) is 0 Å². The molecule has 0 unspecified atom stereocenters. The summed E-state index contributed by atoms with van der Waals surface area (Å²) in [6.45, 7) is 5.43. The Hall–Kier alpha value is -5.14. The molecule has 0 bridgehead atoms. The minimum Gasteiger partial charge on any atom is -0.452 e. The van der Waals surface area contributed by atoms with E-state index in [0.29, 0.717) is 36.4 Å². The van der Waals surface area contributed by atoms with Crippen LogP contribution < -0.4 is 15.5 Å². The highest BCUT2D eigenvalue weighted by Crippen LogP contribution is 2.23. The molecule has 0 spiro atoms. The highest BCUT2D eigenvalue weighted by atomic mass is 19.1. The molecule has 11 nitrogen and oxygen atoms in total. The number of hydrogen-bond acceptors (Lipinski definition) is 8. The lowest BCUT2D eigenvalue weighted by molar-refractivity contribution is 0.0755. The normalized spacial score (nSPS) is 12.2. The van der Waals surface area contributed by atoms with E-state index in [4.69, 9.17) is 9.15 Å². The second kappa shape index (κ2) is 18.7. The summed E-state index contributed by atoms with van der Waals surface area (Å²) in [6, 6.07) is 14.2. The maximum atomic E-state index is 14.0. The molecule has 3 aromatic carbocycles. The molecular formula is C38H45F2N5O6. The molecule has 0 saturated heterocycles. The minimum absolute atomic E-state index is 0.0443. The van der Waals surface area contributed by atoms with Gasteiger partial charge in [-0.05, 0) is 79.3 Å². The SMILES string of the molecule is CCCN(CCC)C(=O)c1cc(C(=O)N[C@@H](CCc2cc(F)cc(F)c2)[C@H](O)CNCc2cccc(N(C)C(=O)OC)c2)cc(-c2ncco2)c1. The molecule has 0 aliphatic carbocycles. The molecular weight excluding hydrogens is 660 g/mol. The van der Waals surface area contributed by atoms with Crippen molar-refractivity contribution in [3.05, 3.63) is 107 Å². The fourth-order valence-corrected chi connectivity index (χ4v) is 5.72. The van der Waals surface area contributed by atoms with Crippen LogP contribution in [0.4, 0.5) is 19.3 Å². The molecule has 3 amide bonds. The molecule has 0 aliphatic heterocycles. The van der Waals surface area contributed by atoms with Gasteiger partial charge in [-0.2, -0.15) is 0 Å². The average molecular weight is 706 g/mol. The van der Waals surface area contributed by atoms with E-state index in [1.165, 1.54) is 42.7 Å². The van der Waals surface area contributed by atoms with E-state index in [9.17, 15) is 28.3 Å². The zero-order valence-electron chi connectivity index (χ0n) is 29.3. The summed E-state index contributed by atoms with van der Waals surface area (Å²) in [4.78, 5) is 46.8. The van der Waals surface area contributed by atoms with Gasteiger partial charge in [0.25, 0.3) is 11.8 Å². The molecule has 1 heterocycles.